The summed E-state index contributed by atoms with van der Waals surface area (Å²) >= 11 is 0. The van der Waals surface area contributed by atoms with E-state index in [1.165, 1.54) is 218 Å². The topological polar surface area (TPSA) is 110 Å². The van der Waals surface area contributed by atoms with E-state index < -0.39 is 33.7 Å². The number of ether oxygens (including phenoxy) is 2. The standard InChI is InChI=1S/C50H98O7S.Na/c1-3-5-7-9-11-13-15-17-19-21-23-25-27-29-31-33-35-37-39-41-43-45-56-49(51)47-48(58(53,54)55)50(52)57-46-44-42-40-38-36-34-32-30-28-26-24-22-20-18-16-14-12-10-8-6-4-2;/h48H,3-47H2,1-2H3,(H,53,54,55);/q;+1/p-1. The molecule has 0 aromatic rings. The van der Waals surface area contributed by atoms with E-state index in [-0.39, 0.29) is 42.8 Å². The maximum Gasteiger partial charge on any atom is 1.00 e. The first-order valence-electron chi connectivity index (χ1n) is 25.6. The predicted molar refractivity (Wildman–Crippen MR) is 245 cm³/mol. The molecule has 0 rings (SSSR count). The minimum absolute atomic E-state index is 0. The zero-order chi connectivity index (χ0) is 42.5. The third-order valence-corrected chi connectivity index (χ3v) is 13.0. The van der Waals surface area contributed by atoms with Crippen LogP contribution in [0.25, 0.3) is 0 Å². The van der Waals surface area contributed by atoms with E-state index in [1.54, 1.807) is 0 Å². The van der Waals surface area contributed by atoms with Crippen LogP contribution in [0, 0.1) is 0 Å². The predicted octanol–water partition coefficient (Wildman–Crippen LogP) is 12.8. The molecule has 0 aliphatic heterocycles. The van der Waals surface area contributed by atoms with Crippen molar-refractivity contribution >= 4 is 22.1 Å². The van der Waals surface area contributed by atoms with Crippen LogP contribution < -0.4 is 29.6 Å². The van der Waals surface area contributed by atoms with Crippen molar-refractivity contribution in [3.05, 3.63) is 0 Å². The second kappa shape index (κ2) is 48.9. The third-order valence-electron chi connectivity index (χ3n) is 12.0. The molecular weight excluding hydrogens is 768 g/mol. The van der Waals surface area contributed by atoms with Gasteiger partial charge in [-0.2, -0.15) is 0 Å². The van der Waals surface area contributed by atoms with Gasteiger partial charge in [-0.05, 0) is 12.8 Å². The summed E-state index contributed by atoms with van der Waals surface area (Å²) in [7, 11) is -5.03. The van der Waals surface area contributed by atoms with Gasteiger partial charge < -0.3 is 14.0 Å². The second-order valence-electron chi connectivity index (χ2n) is 17.7. The number of carbonyl (C=O) groups excluding carboxylic acids is 2. The molecule has 59 heavy (non-hydrogen) atoms. The summed E-state index contributed by atoms with van der Waals surface area (Å²) in [6.07, 6.45) is 53.2. The molecule has 346 valence electrons. The fourth-order valence-electron chi connectivity index (χ4n) is 8.03. The van der Waals surface area contributed by atoms with Crippen molar-refractivity contribution in [2.24, 2.45) is 0 Å². The Morgan fingerprint density at radius 3 is 0.797 bits per heavy atom. The van der Waals surface area contributed by atoms with E-state index in [2.05, 4.69) is 13.8 Å². The van der Waals surface area contributed by atoms with Gasteiger partial charge in [-0.25, -0.2) is 8.42 Å². The fraction of sp³-hybridized carbons (Fsp3) is 0.960. The molecular formula is C50H97NaO7S. The van der Waals surface area contributed by atoms with E-state index in [1.807, 2.05) is 0 Å². The van der Waals surface area contributed by atoms with Gasteiger partial charge in [0, 0.05) is 0 Å². The average Bonchev–Trinajstić information content (AvgIpc) is 3.20. The molecule has 0 saturated heterocycles. The van der Waals surface area contributed by atoms with E-state index in [0.29, 0.717) is 12.8 Å². The summed E-state index contributed by atoms with van der Waals surface area (Å²) in [5.41, 5.74) is 0. The van der Waals surface area contributed by atoms with E-state index >= 15 is 0 Å². The van der Waals surface area contributed by atoms with Crippen molar-refractivity contribution in [3.63, 3.8) is 0 Å². The molecule has 9 heteroatoms. The molecule has 0 heterocycles. The normalized spacial score (nSPS) is 12.1. The van der Waals surface area contributed by atoms with Gasteiger partial charge in [0.25, 0.3) is 0 Å². The van der Waals surface area contributed by atoms with Crippen molar-refractivity contribution in [1.29, 1.82) is 0 Å². The molecule has 1 atom stereocenters. The van der Waals surface area contributed by atoms with Crippen LogP contribution >= 0.6 is 0 Å². The first-order valence-corrected chi connectivity index (χ1v) is 27.1. The van der Waals surface area contributed by atoms with Gasteiger partial charge in [-0.3, -0.25) is 9.59 Å². The summed E-state index contributed by atoms with van der Waals surface area (Å²) in [4.78, 5) is 24.6. The van der Waals surface area contributed by atoms with Crippen LogP contribution in [0.1, 0.15) is 290 Å². The Morgan fingerprint density at radius 1 is 0.373 bits per heavy atom. The van der Waals surface area contributed by atoms with E-state index in [0.717, 1.165) is 38.5 Å². The Labute approximate surface area is 389 Å². The van der Waals surface area contributed by atoms with E-state index in [4.69, 9.17) is 9.47 Å². The Morgan fingerprint density at radius 2 is 0.576 bits per heavy atom. The molecule has 0 N–H and O–H groups in total. The fourth-order valence-corrected chi connectivity index (χ4v) is 8.68. The number of hydrogen-bond acceptors (Lipinski definition) is 7. The molecule has 0 bridgehead atoms. The van der Waals surface area contributed by atoms with Gasteiger partial charge in [0.1, 0.15) is 10.1 Å². The molecule has 0 amide bonds. The van der Waals surface area contributed by atoms with Gasteiger partial charge in [-0.15, -0.1) is 0 Å². The average molecular weight is 865 g/mol. The number of esters is 2. The number of carbonyl (C=O) groups is 2. The Bertz CT molecular complexity index is 976. The third kappa shape index (κ3) is 47.2. The molecule has 0 radical (unpaired) electrons. The Balaban J connectivity index is 0. The second-order valence-corrected chi connectivity index (χ2v) is 19.3. The summed E-state index contributed by atoms with van der Waals surface area (Å²) in [5, 5.41) is -2.05. The van der Waals surface area contributed by atoms with Crippen LogP contribution in [0.3, 0.4) is 0 Å². The monoisotopic (exact) mass is 865 g/mol. The molecule has 1 unspecified atom stereocenters. The largest absolute Gasteiger partial charge is 1.00 e. The van der Waals surface area contributed by atoms with Gasteiger partial charge in [0.15, 0.2) is 5.25 Å². The number of unbranched alkanes of at least 4 members (excludes halogenated alkanes) is 40. The molecule has 0 aromatic carbocycles. The minimum Gasteiger partial charge on any atom is -0.747 e. The van der Waals surface area contributed by atoms with Crippen molar-refractivity contribution < 1.29 is 61.6 Å². The van der Waals surface area contributed by atoms with Gasteiger partial charge in [-0.1, -0.05) is 271 Å². The summed E-state index contributed by atoms with van der Waals surface area (Å²) in [6.45, 7) is 4.77. The first kappa shape index (κ1) is 60.9. The van der Waals surface area contributed by atoms with Crippen LogP contribution in [0.5, 0.6) is 0 Å². The van der Waals surface area contributed by atoms with Crippen molar-refractivity contribution in [2.75, 3.05) is 13.2 Å². The molecule has 0 spiro atoms. The van der Waals surface area contributed by atoms with E-state index in [9.17, 15) is 22.6 Å². The summed E-state index contributed by atoms with van der Waals surface area (Å²) in [6, 6.07) is 0. The van der Waals surface area contributed by atoms with Crippen LogP contribution in [0.2, 0.25) is 0 Å². The first-order chi connectivity index (χ1) is 28.3. The summed E-state index contributed by atoms with van der Waals surface area (Å²) < 4.78 is 45.5. The van der Waals surface area contributed by atoms with Crippen molar-refractivity contribution in [2.45, 2.75) is 295 Å². The number of rotatable bonds is 48. The van der Waals surface area contributed by atoms with Crippen LogP contribution in [-0.2, 0) is 29.2 Å². The van der Waals surface area contributed by atoms with Crippen LogP contribution in [-0.4, -0.2) is 43.4 Å². The summed E-state index contributed by atoms with van der Waals surface area (Å²) in [5.74, 6) is -1.99. The van der Waals surface area contributed by atoms with Gasteiger partial charge >= 0.3 is 41.5 Å². The Hall–Kier alpha value is -0.150. The quantitative estimate of drug-likeness (QED) is 0.0259. The van der Waals surface area contributed by atoms with Gasteiger partial charge in [0.2, 0.25) is 0 Å². The molecule has 0 aliphatic carbocycles. The molecule has 0 aliphatic rings. The molecule has 0 fully saturated rings. The SMILES string of the molecule is CCCCCCCCCCCCCCCCCCCCCCCOC(=O)CC(C(=O)OCCCCCCCCCCCCCCCCCCCCCCC)S(=O)(=O)[O-].[Na+]. The van der Waals surface area contributed by atoms with Gasteiger partial charge in [0.05, 0.1) is 19.6 Å². The van der Waals surface area contributed by atoms with Crippen LogP contribution in [0.15, 0.2) is 0 Å². The maximum absolute atomic E-state index is 12.4. The van der Waals surface area contributed by atoms with Crippen molar-refractivity contribution in [1.82, 2.24) is 0 Å². The zero-order valence-corrected chi connectivity index (χ0v) is 42.5. The maximum atomic E-state index is 12.4. The smallest absolute Gasteiger partial charge is 0.747 e. The van der Waals surface area contributed by atoms with Crippen molar-refractivity contribution in [3.8, 4) is 0 Å². The zero-order valence-electron chi connectivity index (χ0n) is 39.7. The minimum atomic E-state index is -5.03. The molecule has 7 nitrogen and oxygen atoms in total. The number of hydrogen-bond donors (Lipinski definition) is 0. The van der Waals surface area contributed by atoms with Crippen LogP contribution in [0.4, 0.5) is 0 Å². The molecule has 0 aromatic heterocycles. The Kier molecular flexibility index (Phi) is 50.5. The molecule has 0 saturated carbocycles.